The van der Waals surface area contributed by atoms with Crippen LogP contribution in [0.25, 0.3) is 10.2 Å². The minimum atomic E-state index is -0.423. The molecule has 10 nitrogen and oxygen atoms in total. The van der Waals surface area contributed by atoms with E-state index in [4.69, 9.17) is 15.7 Å². The molecule has 0 saturated carbocycles. The maximum atomic E-state index is 12.4. The van der Waals surface area contributed by atoms with Gasteiger partial charge in [0.1, 0.15) is 6.54 Å². The van der Waals surface area contributed by atoms with Gasteiger partial charge in [-0.15, -0.1) is 10.2 Å². The van der Waals surface area contributed by atoms with Crippen molar-refractivity contribution < 1.29 is 14.3 Å². The van der Waals surface area contributed by atoms with Crippen LogP contribution in [0, 0.1) is 11.3 Å². The lowest BCUT2D eigenvalue weighted by atomic mass is 10.2. The van der Waals surface area contributed by atoms with Crippen molar-refractivity contribution in [3.05, 3.63) is 23.8 Å². The number of hydrogen-bond donors (Lipinski definition) is 2. The van der Waals surface area contributed by atoms with Gasteiger partial charge in [0.2, 0.25) is 11.9 Å². The zero-order chi connectivity index (χ0) is 20.1. The van der Waals surface area contributed by atoms with Gasteiger partial charge in [0.15, 0.2) is 10.3 Å². The minimum absolute atomic E-state index is 0.0824. The second-order valence-corrected chi connectivity index (χ2v) is 7.32. The summed E-state index contributed by atoms with van der Waals surface area (Å²) in [5.41, 5.74) is 6.72. The molecule has 0 fully saturated rings. The summed E-state index contributed by atoms with van der Waals surface area (Å²) in [6, 6.07) is 7.01. The van der Waals surface area contributed by atoms with Crippen LogP contribution in [-0.4, -0.2) is 44.0 Å². The van der Waals surface area contributed by atoms with E-state index in [2.05, 4.69) is 20.5 Å². The van der Waals surface area contributed by atoms with Gasteiger partial charge >= 0.3 is 5.97 Å². The minimum Gasteiger partial charge on any atom is -0.462 e. The number of benzene rings is 1. The van der Waals surface area contributed by atoms with Crippen LogP contribution in [0.1, 0.15) is 17.3 Å². The van der Waals surface area contributed by atoms with Crippen molar-refractivity contribution in [1.29, 1.82) is 5.26 Å². The molecular weight excluding hydrogens is 402 g/mol. The van der Waals surface area contributed by atoms with Crippen LogP contribution in [0.4, 0.5) is 11.1 Å². The van der Waals surface area contributed by atoms with E-state index in [0.717, 1.165) is 16.5 Å². The van der Waals surface area contributed by atoms with Gasteiger partial charge in [0.05, 0.1) is 34.2 Å². The van der Waals surface area contributed by atoms with Crippen LogP contribution < -0.4 is 11.1 Å². The number of ether oxygens (including phenoxy) is 1. The molecule has 3 rings (SSSR count). The molecule has 0 aliphatic heterocycles. The van der Waals surface area contributed by atoms with Crippen LogP contribution in [0.15, 0.2) is 23.4 Å². The molecule has 0 atom stereocenters. The molecule has 1 amide bonds. The third-order valence-corrected chi connectivity index (χ3v) is 5.24. The van der Waals surface area contributed by atoms with E-state index in [-0.39, 0.29) is 30.8 Å². The number of aromatic nitrogens is 4. The molecule has 3 N–H and O–H groups in total. The number of thioether (sulfide) groups is 1. The molecule has 0 spiro atoms. The van der Waals surface area contributed by atoms with Gasteiger partial charge in [-0.05, 0) is 25.1 Å². The normalized spacial score (nSPS) is 10.6. The topological polar surface area (TPSA) is 149 Å². The van der Waals surface area contributed by atoms with Gasteiger partial charge in [0, 0.05) is 0 Å². The van der Waals surface area contributed by atoms with E-state index in [1.54, 1.807) is 25.1 Å². The van der Waals surface area contributed by atoms with Crippen molar-refractivity contribution in [2.75, 3.05) is 23.4 Å². The number of nitrogen functional groups attached to an aromatic ring is 1. The van der Waals surface area contributed by atoms with Crippen molar-refractivity contribution in [3.8, 4) is 6.07 Å². The van der Waals surface area contributed by atoms with Crippen molar-refractivity contribution in [2.45, 2.75) is 18.6 Å². The number of fused-ring (bicyclic) bond motifs is 1. The number of carbonyl (C=O) groups is 2. The first-order chi connectivity index (χ1) is 13.5. The van der Waals surface area contributed by atoms with Crippen molar-refractivity contribution in [3.63, 3.8) is 0 Å². The van der Waals surface area contributed by atoms with E-state index < -0.39 is 5.97 Å². The molecule has 2 aromatic heterocycles. The van der Waals surface area contributed by atoms with E-state index >= 15 is 0 Å². The lowest BCUT2D eigenvalue weighted by molar-refractivity contribution is -0.116. The van der Waals surface area contributed by atoms with E-state index in [0.29, 0.717) is 21.4 Å². The molecule has 3 aromatic rings. The van der Waals surface area contributed by atoms with Crippen LogP contribution in [0.3, 0.4) is 0 Å². The molecule has 28 heavy (non-hydrogen) atoms. The van der Waals surface area contributed by atoms with E-state index in [1.807, 2.05) is 6.07 Å². The molecule has 0 aliphatic rings. The van der Waals surface area contributed by atoms with Gasteiger partial charge in [-0.1, -0.05) is 23.1 Å². The number of nitrogens with one attached hydrogen (secondary N) is 1. The Morgan fingerprint density at radius 2 is 2.25 bits per heavy atom. The largest absolute Gasteiger partial charge is 0.462 e. The zero-order valence-electron chi connectivity index (χ0n) is 14.7. The molecule has 0 aliphatic carbocycles. The first-order valence-electron chi connectivity index (χ1n) is 8.07. The van der Waals surface area contributed by atoms with Crippen LogP contribution in [0.5, 0.6) is 0 Å². The highest BCUT2D eigenvalue weighted by atomic mass is 32.2. The maximum Gasteiger partial charge on any atom is 0.338 e. The summed E-state index contributed by atoms with van der Waals surface area (Å²) in [6.45, 7) is 1.91. The summed E-state index contributed by atoms with van der Waals surface area (Å²) in [4.78, 5) is 28.5. The lowest BCUT2D eigenvalue weighted by Gasteiger charge is -2.06. The highest BCUT2D eigenvalue weighted by molar-refractivity contribution is 7.99. The van der Waals surface area contributed by atoms with Gasteiger partial charge in [-0.2, -0.15) is 5.26 Å². The monoisotopic (exact) mass is 417 g/mol. The number of nitriles is 1. The number of nitrogens with zero attached hydrogens (tertiary/aromatic N) is 5. The molecule has 0 radical (unpaired) electrons. The number of carbonyl (C=O) groups excluding carboxylic acids is 2. The predicted octanol–water partition coefficient (Wildman–Crippen LogP) is 1.90. The van der Waals surface area contributed by atoms with Crippen LogP contribution >= 0.6 is 23.1 Å². The summed E-state index contributed by atoms with van der Waals surface area (Å²) in [5, 5.41) is 19.7. The van der Waals surface area contributed by atoms with Crippen molar-refractivity contribution >= 4 is 56.3 Å². The third-order valence-electron chi connectivity index (χ3n) is 3.46. The lowest BCUT2D eigenvalue weighted by Crippen LogP contribution is -2.20. The Hall–Kier alpha value is -3.17. The summed E-state index contributed by atoms with van der Waals surface area (Å²) in [6.07, 6.45) is 0. The number of nitrogens with two attached hydrogens (primary N) is 1. The average Bonchev–Trinajstić information content (AvgIpc) is 3.22. The van der Waals surface area contributed by atoms with Gasteiger partial charge in [-0.3, -0.25) is 9.36 Å². The fraction of sp³-hybridized carbons (Fsp3) is 0.250. The van der Waals surface area contributed by atoms with Gasteiger partial charge in [-0.25, -0.2) is 9.78 Å². The summed E-state index contributed by atoms with van der Waals surface area (Å²) in [7, 11) is 0. The standard InChI is InChI=1S/C16H15N7O3S2/c1-2-26-13(25)9-3-4-11-10(7-9)19-15(28-11)20-12(24)8-23-14(18)21-22-16(23)27-6-5-17/h3-4,7H,2,6,8H2,1H3,(H2,18,21)(H,19,20,24). The van der Waals surface area contributed by atoms with Crippen LogP contribution in [0.2, 0.25) is 0 Å². The smallest absolute Gasteiger partial charge is 0.338 e. The zero-order valence-corrected chi connectivity index (χ0v) is 16.3. The predicted molar refractivity (Wildman–Crippen MR) is 105 cm³/mol. The van der Waals surface area contributed by atoms with Crippen molar-refractivity contribution in [2.24, 2.45) is 0 Å². The Bertz CT molecular complexity index is 1070. The Morgan fingerprint density at radius 1 is 1.43 bits per heavy atom. The first-order valence-corrected chi connectivity index (χ1v) is 9.88. The Kier molecular flexibility index (Phi) is 6.07. The molecule has 0 bridgehead atoms. The fourth-order valence-corrected chi connectivity index (χ4v) is 3.75. The Balaban J connectivity index is 1.72. The quantitative estimate of drug-likeness (QED) is 0.434. The highest BCUT2D eigenvalue weighted by Gasteiger charge is 2.16. The number of amides is 1. The Morgan fingerprint density at radius 3 is 3.00 bits per heavy atom. The number of rotatable bonds is 7. The molecule has 0 unspecified atom stereocenters. The van der Waals surface area contributed by atoms with Crippen molar-refractivity contribution in [1.82, 2.24) is 19.7 Å². The molecule has 144 valence electrons. The fourth-order valence-electron chi connectivity index (χ4n) is 2.28. The maximum absolute atomic E-state index is 12.4. The molecule has 1 aromatic carbocycles. The number of hydrogen-bond acceptors (Lipinski definition) is 10. The third kappa shape index (κ3) is 4.38. The second-order valence-electron chi connectivity index (χ2n) is 5.34. The molecule has 2 heterocycles. The number of anilines is 2. The SMILES string of the molecule is CCOC(=O)c1ccc2sc(NC(=O)Cn3c(N)nnc3SCC#N)nc2c1. The summed E-state index contributed by atoms with van der Waals surface area (Å²) < 4.78 is 7.21. The number of esters is 1. The highest BCUT2D eigenvalue weighted by Crippen LogP contribution is 2.27. The van der Waals surface area contributed by atoms with E-state index in [9.17, 15) is 9.59 Å². The first kappa shape index (κ1) is 19.6. The second kappa shape index (κ2) is 8.68. The summed E-state index contributed by atoms with van der Waals surface area (Å²) in [5.74, 6) is -0.539. The van der Waals surface area contributed by atoms with Gasteiger partial charge in [0.25, 0.3) is 0 Å². The van der Waals surface area contributed by atoms with Gasteiger partial charge < -0.3 is 15.8 Å². The summed E-state index contributed by atoms with van der Waals surface area (Å²) >= 11 is 2.42. The molecule has 0 saturated heterocycles. The Labute approximate surface area is 167 Å². The van der Waals surface area contributed by atoms with E-state index in [1.165, 1.54) is 15.9 Å². The molecule has 12 heteroatoms. The van der Waals surface area contributed by atoms with Crippen LogP contribution in [-0.2, 0) is 16.1 Å². The molecular formula is C16H15N7O3S2. The average molecular weight is 417 g/mol. The number of thiazole rings is 1.